The van der Waals surface area contributed by atoms with E-state index in [1.165, 1.54) is 6.07 Å². The lowest BCUT2D eigenvalue weighted by atomic mass is 10.0. The molecule has 0 amide bonds. The van der Waals surface area contributed by atoms with Gasteiger partial charge in [-0.3, -0.25) is 0 Å². The van der Waals surface area contributed by atoms with Crippen LogP contribution in [0.3, 0.4) is 0 Å². The van der Waals surface area contributed by atoms with Crippen LogP contribution in [-0.4, -0.2) is 32.8 Å². The zero-order chi connectivity index (χ0) is 12.3. The van der Waals surface area contributed by atoms with Gasteiger partial charge in [-0.25, -0.2) is 8.78 Å². The van der Waals surface area contributed by atoms with E-state index in [1.54, 1.807) is 13.1 Å². The molecule has 1 heterocycles. The molecule has 3 nitrogen and oxygen atoms in total. The molecule has 2 N–H and O–H groups in total. The highest BCUT2D eigenvalue weighted by Gasteiger charge is 2.25. The van der Waals surface area contributed by atoms with Crippen molar-refractivity contribution >= 4 is 0 Å². The number of hydrogen-bond acceptors (Lipinski definition) is 3. The van der Waals surface area contributed by atoms with Crippen LogP contribution in [0.2, 0.25) is 0 Å². The summed E-state index contributed by atoms with van der Waals surface area (Å²) in [6, 6.07) is 3.80. The zero-order valence-electron chi connectivity index (χ0n) is 9.67. The molecule has 1 aliphatic rings. The van der Waals surface area contributed by atoms with E-state index in [-0.39, 0.29) is 12.1 Å². The molecule has 1 saturated heterocycles. The van der Waals surface area contributed by atoms with Gasteiger partial charge in [0.25, 0.3) is 0 Å². The summed E-state index contributed by atoms with van der Waals surface area (Å²) >= 11 is 0. The minimum atomic E-state index is -0.828. The number of benzene rings is 1. The van der Waals surface area contributed by atoms with E-state index in [2.05, 4.69) is 10.6 Å². The van der Waals surface area contributed by atoms with Crippen molar-refractivity contribution in [2.24, 2.45) is 0 Å². The molecular formula is C12H16F2N2O. The van der Waals surface area contributed by atoms with Crippen molar-refractivity contribution in [2.45, 2.75) is 12.1 Å². The summed E-state index contributed by atoms with van der Waals surface area (Å²) in [7, 11) is 1.78. The predicted octanol–water partition coefficient (Wildman–Crippen LogP) is 1.21. The number of likely N-dealkylation sites (N-methyl/N-ethyl adjacent to an activating group) is 1. The van der Waals surface area contributed by atoms with Crippen LogP contribution in [0.1, 0.15) is 11.6 Å². The van der Waals surface area contributed by atoms with Crippen LogP contribution in [0.4, 0.5) is 8.78 Å². The highest BCUT2D eigenvalue weighted by atomic mass is 19.2. The Kier molecular flexibility index (Phi) is 4.04. The highest BCUT2D eigenvalue weighted by Crippen LogP contribution is 2.21. The van der Waals surface area contributed by atoms with Gasteiger partial charge in [0.2, 0.25) is 0 Å². The van der Waals surface area contributed by atoms with E-state index in [0.29, 0.717) is 18.7 Å². The summed E-state index contributed by atoms with van der Waals surface area (Å²) < 4.78 is 31.7. The Morgan fingerprint density at radius 1 is 1.41 bits per heavy atom. The normalized spacial score (nSPS) is 22.4. The van der Waals surface area contributed by atoms with Gasteiger partial charge in [0.15, 0.2) is 11.6 Å². The molecule has 1 aliphatic heterocycles. The fourth-order valence-electron chi connectivity index (χ4n) is 2.07. The third kappa shape index (κ3) is 2.80. The summed E-state index contributed by atoms with van der Waals surface area (Å²) in [5.74, 6) is -1.65. The van der Waals surface area contributed by atoms with Crippen LogP contribution in [-0.2, 0) is 4.74 Å². The second kappa shape index (κ2) is 5.53. The molecular weight excluding hydrogens is 226 g/mol. The number of rotatable bonds is 3. The first kappa shape index (κ1) is 12.4. The smallest absolute Gasteiger partial charge is 0.159 e. The predicted molar refractivity (Wildman–Crippen MR) is 60.8 cm³/mol. The molecule has 0 spiro atoms. The fourth-order valence-corrected chi connectivity index (χ4v) is 2.07. The van der Waals surface area contributed by atoms with Gasteiger partial charge < -0.3 is 15.4 Å². The van der Waals surface area contributed by atoms with Crippen molar-refractivity contribution in [3.63, 3.8) is 0 Å². The molecule has 2 unspecified atom stereocenters. The Hall–Kier alpha value is -1.04. The highest BCUT2D eigenvalue weighted by molar-refractivity contribution is 5.22. The van der Waals surface area contributed by atoms with Gasteiger partial charge in [-0.2, -0.15) is 0 Å². The van der Waals surface area contributed by atoms with Gasteiger partial charge in [-0.15, -0.1) is 0 Å². The van der Waals surface area contributed by atoms with Crippen molar-refractivity contribution < 1.29 is 13.5 Å². The van der Waals surface area contributed by atoms with Gasteiger partial charge in [0.05, 0.1) is 18.8 Å². The number of nitrogens with one attached hydrogen (secondary N) is 2. The van der Waals surface area contributed by atoms with E-state index in [9.17, 15) is 8.78 Å². The molecule has 94 valence electrons. The van der Waals surface area contributed by atoms with Gasteiger partial charge in [-0.05, 0) is 24.7 Å². The molecule has 1 aromatic carbocycles. The summed E-state index contributed by atoms with van der Waals surface area (Å²) in [5, 5.41) is 6.29. The average molecular weight is 242 g/mol. The van der Waals surface area contributed by atoms with Crippen molar-refractivity contribution in [3.05, 3.63) is 35.4 Å². The zero-order valence-corrected chi connectivity index (χ0v) is 9.67. The molecule has 0 aromatic heterocycles. The number of morpholine rings is 1. The Morgan fingerprint density at radius 3 is 2.82 bits per heavy atom. The molecule has 2 atom stereocenters. The lowest BCUT2D eigenvalue weighted by Gasteiger charge is -2.31. The van der Waals surface area contributed by atoms with Crippen molar-refractivity contribution in [3.8, 4) is 0 Å². The summed E-state index contributed by atoms with van der Waals surface area (Å²) in [4.78, 5) is 0. The summed E-state index contributed by atoms with van der Waals surface area (Å²) in [6.45, 7) is 2.15. The largest absolute Gasteiger partial charge is 0.374 e. The topological polar surface area (TPSA) is 33.3 Å². The maximum absolute atomic E-state index is 13.2. The molecule has 5 heteroatoms. The van der Waals surface area contributed by atoms with Crippen molar-refractivity contribution in [2.75, 3.05) is 26.7 Å². The van der Waals surface area contributed by atoms with Gasteiger partial charge in [0.1, 0.15) is 0 Å². The Bertz CT molecular complexity index is 381. The maximum Gasteiger partial charge on any atom is 0.159 e. The van der Waals surface area contributed by atoms with Crippen molar-refractivity contribution in [1.82, 2.24) is 10.6 Å². The van der Waals surface area contributed by atoms with E-state index < -0.39 is 11.6 Å². The van der Waals surface area contributed by atoms with Gasteiger partial charge in [0, 0.05) is 13.1 Å². The summed E-state index contributed by atoms with van der Waals surface area (Å²) in [6.07, 6.45) is -0.0707. The van der Waals surface area contributed by atoms with Crippen LogP contribution < -0.4 is 10.6 Å². The van der Waals surface area contributed by atoms with E-state index in [0.717, 1.165) is 12.6 Å². The molecule has 0 bridgehead atoms. The quantitative estimate of drug-likeness (QED) is 0.836. The van der Waals surface area contributed by atoms with E-state index in [4.69, 9.17) is 4.74 Å². The third-order valence-electron chi connectivity index (χ3n) is 2.94. The molecule has 0 radical (unpaired) electrons. The first-order valence-electron chi connectivity index (χ1n) is 5.67. The second-order valence-corrected chi connectivity index (χ2v) is 4.05. The molecule has 1 fully saturated rings. The van der Waals surface area contributed by atoms with Crippen LogP contribution in [0, 0.1) is 11.6 Å². The Morgan fingerprint density at radius 2 is 2.24 bits per heavy atom. The SMILES string of the molecule is CNC(c1ccc(F)c(F)c1)C1CNCCO1. The molecule has 0 saturated carbocycles. The average Bonchev–Trinajstić information content (AvgIpc) is 2.36. The molecule has 0 aliphatic carbocycles. The van der Waals surface area contributed by atoms with Crippen LogP contribution in [0.15, 0.2) is 18.2 Å². The number of halogens is 2. The molecule has 17 heavy (non-hydrogen) atoms. The Labute approximate surface area is 99.2 Å². The first-order valence-corrected chi connectivity index (χ1v) is 5.67. The third-order valence-corrected chi connectivity index (χ3v) is 2.94. The molecule has 1 aromatic rings. The van der Waals surface area contributed by atoms with E-state index in [1.807, 2.05) is 0 Å². The van der Waals surface area contributed by atoms with E-state index >= 15 is 0 Å². The fraction of sp³-hybridized carbons (Fsp3) is 0.500. The van der Waals surface area contributed by atoms with Crippen LogP contribution in [0.5, 0.6) is 0 Å². The maximum atomic E-state index is 13.2. The lowest BCUT2D eigenvalue weighted by Crippen LogP contribution is -2.45. The monoisotopic (exact) mass is 242 g/mol. The minimum absolute atomic E-state index is 0.0707. The molecule has 2 rings (SSSR count). The second-order valence-electron chi connectivity index (χ2n) is 4.05. The van der Waals surface area contributed by atoms with Crippen molar-refractivity contribution in [1.29, 1.82) is 0 Å². The first-order chi connectivity index (χ1) is 8.22. The Balaban J connectivity index is 2.18. The van der Waals surface area contributed by atoms with Gasteiger partial charge in [-0.1, -0.05) is 6.07 Å². The lowest BCUT2D eigenvalue weighted by molar-refractivity contribution is 0.00530. The number of hydrogen-bond donors (Lipinski definition) is 2. The summed E-state index contributed by atoms with van der Waals surface area (Å²) in [5.41, 5.74) is 0.695. The van der Waals surface area contributed by atoms with Gasteiger partial charge >= 0.3 is 0 Å². The standard InChI is InChI=1S/C12H16F2N2O/c1-15-12(11-7-16-4-5-17-11)8-2-3-9(13)10(14)6-8/h2-3,6,11-12,15-16H,4-5,7H2,1H3. The number of ether oxygens (including phenoxy) is 1. The van der Waals surface area contributed by atoms with Crippen LogP contribution in [0.25, 0.3) is 0 Å². The van der Waals surface area contributed by atoms with Crippen LogP contribution >= 0.6 is 0 Å². The minimum Gasteiger partial charge on any atom is -0.374 e.